The van der Waals surface area contributed by atoms with Crippen molar-refractivity contribution in [2.75, 3.05) is 6.61 Å². The van der Waals surface area contributed by atoms with E-state index in [-0.39, 0.29) is 12.5 Å². The Bertz CT molecular complexity index is 598. The van der Waals surface area contributed by atoms with Crippen LogP contribution in [0, 0.1) is 6.92 Å². The number of aromatic nitrogens is 2. The molecule has 0 aliphatic heterocycles. The van der Waals surface area contributed by atoms with Crippen LogP contribution in [0.3, 0.4) is 0 Å². The molecule has 0 saturated carbocycles. The number of hydrogen-bond acceptors (Lipinski definition) is 2. The van der Waals surface area contributed by atoms with E-state index in [2.05, 4.69) is 28.0 Å². The van der Waals surface area contributed by atoms with Crippen molar-refractivity contribution in [3.8, 4) is 0 Å². The third-order valence-electron chi connectivity index (χ3n) is 3.43. The van der Waals surface area contributed by atoms with Crippen molar-refractivity contribution in [3.05, 3.63) is 50.7 Å². The Hall–Kier alpha value is -0.840. The van der Waals surface area contributed by atoms with Crippen LogP contribution in [0.5, 0.6) is 0 Å². The Morgan fingerprint density at radius 1 is 1.45 bits per heavy atom. The zero-order valence-corrected chi connectivity index (χ0v) is 13.9. The standard InChI is InChI=1S/C15H18BrClN2O/c1-3-19-14(15(16)10(2)18-19)8-12(9-20)11-5-4-6-13(17)7-11/h4-7,12,20H,3,8-9H2,1-2H3. The van der Waals surface area contributed by atoms with Crippen molar-refractivity contribution in [3.63, 3.8) is 0 Å². The lowest BCUT2D eigenvalue weighted by Crippen LogP contribution is -2.12. The Balaban J connectivity index is 2.31. The minimum atomic E-state index is 0.0198. The van der Waals surface area contributed by atoms with Gasteiger partial charge < -0.3 is 5.11 Å². The molecule has 0 fully saturated rings. The quantitative estimate of drug-likeness (QED) is 0.880. The summed E-state index contributed by atoms with van der Waals surface area (Å²) in [6, 6.07) is 7.67. The number of halogens is 2. The molecule has 5 heteroatoms. The van der Waals surface area contributed by atoms with Gasteiger partial charge in [-0.2, -0.15) is 5.10 Å². The summed E-state index contributed by atoms with van der Waals surface area (Å²) in [6.07, 6.45) is 0.728. The van der Waals surface area contributed by atoms with Crippen LogP contribution in [0.15, 0.2) is 28.7 Å². The van der Waals surface area contributed by atoms with E-state index in [4.69, 9.17) is 11.6 Å². The number of aliphatic hydroxyl groups excluding tert-OH is 1. The van der Waals surface area contributed by atoms with Gasteiger partial charge in [-0.1, -0.05) is 23.7 Å². The molecule has 0 radical (unpaired) electrons. The van der Waals surface area contributed by atoms with Crippen molar-refractivity contribution in [1.82, 2.24) is 9.78 Å². The van der Waals surface area contributed by atoms with E-state index in [1.54, 1.807) is 0 Å². The summed E-state index contributed by atoms with van der Waals surface area (Å²) in [5.74, 6) is 0.0198. The number of nitrogens with zero attached hydrogens (tertiary/aromatic N) is 2. The van der Waals surface area contributed by atoms with Gasteiger partial charge in [0.2, 0.25) is 0 Å². The molecule has 1 atom stereocenters. The maximum Gasteiger partial charge on any atom is 0.0738 e. The van der Waals surface area contributed by atoms with Crippen LogP contribution in [-0.2, 0) is 13.0 Å². The van der Waals surface area contributed by atoms with Crippen molar-refractivity contribution in [2.45, 2.75) is 32.7 Å². The van der Waals surface area contributed by atoms with Gasteiger partial charge in [0.1, 0.15) is 0 Å². The minimum absolute atomic E-state index is 0.0198. The maximum atomic E-state index is 9.70. The average Bonchev–Trinajstić information content (AvgIpc) is 2.71. The molecular formula is C15H18BrClN2O. The molecule has 2 rings (SSSR count). The van der Waals surface area contributed by atoms with Crippen molar-refractivity contribution in [1.29, 1.82) is 0 Å². The molecule has 108 valence electrons. The molecule has 1 heterocycles. The number of aryl methyl sites for hydroxylation is 2. The number of rotatable bonds is 5. The van der Waals surface area contributed by atoms with Gasteiger partial charge in [0.05, 0.1) is 22.5 Å². The number of hydrogen-bond donors (Lipinski definition) is 1. The summed E-state index contributed by atoms with van der Waals surface area (Å²) in [7, 11) is 0. The van der Waals surface area contributed by atoms with Crippen LogP contribution in [0.25, 0.3) is 0 Å². The molecule has 0 saturated heterocycles. The van der Waals surface area contributed by atoms with E-state index < -0.39 is 0 Å². The smallest absolute Gasteiger partial charge is 0.0738 e. The van der Waals surface area contributed by atoms with E-state index >= 15 is 0 Å². The predicted octanol–water partition coefficient (Wildman–Crippen LogP) is 3.95. The maximum absolute atomic E-state index is 9.70. The highest BCUT2D eigenvalue weighted by molar-refractivity contribution is 9.10. The zero-order chi connectivity index (χ0) is 14.7. The first-order valence-corrected chi connectivity index (χ1v) is 7.82. The molecule has 20 heavy (non-hydrogen) atoms. The highest BCUT2D eigenvalue weighted by atomic mass is 79.9. The second-order valence-electron chi connectivity index (χ2n) is 4.80. The monoisotopic (exact) mass is 356 g/mol. The average molecular weight is 358 g/mol. The van der Waals surface area contributed by atoms with Crippen molar-refractivity contribution < 1.29 is 5.11 Å². The molecule has 0 amide bonds. The van der Waals surface area contributed by atoms with Crippen molar-refractivity contribution >= 4 is 27.5 Å². The van der Waals surface area contributed by atoms with E-state index in [9.17, 15) is 5.11 Å². The predicted molar refractivity (Wildman–Crippen MR) is 85.3 cm³/mol. The molecule has 1 unspecified atom stereocenters. The summed E-state index contributed by atoms with van der Waals surface area (Å²) >= 11 is 9.63. The SMILES string of the molecule is CCn1nc(C)c(Br)c1CC(CO)c1cccc(Cl)c1. The largest absolute Gasteiger partial charge is 0.396 e. The van der Waals surface area contributed by atoms with Crippen molar-refractivity contribution in [2.24, 2.45) is 0 Å². The lowest BCUT2D eigenvalue weighted by Gasteiger charge is -2.16. The van der Waals surface area contributed by atoms with Crippen LogP contribution in [-0.4, -0.2) is 21.5 Å². The molecule has 0 bridgehead atoms. The van der Waals surface area contributed by atoms with Gasteiger partial charge in [-0.25, -0.2) is 0 Å². The molecule has 0 spiro atoms. The van der Waals surface area contributed by atoms with E-state index in [0.29, 0.717) is 5.02 Å². The third-order valence-corrected chi connectivity index (χ3v) is 4.70. The Kier molecular flexibility index (Phi) is 5.24. The molecule has 0 aliphatic carbocycles. The number of aliphatic hydroxyl groups is 1. The lowest BCUT2D eigenvalue weighted by molar-refractivity contribution is 0.262. The molecule has 1 N–H and O–H groups in total. The molecule has 3 nitrogen and oxygen atoms in total. The van der Waals surface area contributed by atoms with Crippen LogP contribution in [0.2, 0.25) is 5.02 Å². The summed E-state index contributed by atoms with van der Waals surface area (Å²) in [5, 5.41) is 14.9. The molecule has 0 aliphatic rings. The first kappa shape index (κ1) is 15.5. The molecule has 1 aromatic carbocycles. The summed E-state index contributed by atoms with van der Waals surface area (Å²) < 4.78 is 3.01. The fourth-order valence-corrected chi connectivity index (χ4v) is 2.99. The highest BCUT2D eigenvalue weighted by Crippen LogP contribution is 2.28. The first-order chi connectivity index (χ1) is 9.56. The van der Waals surface area contributed by atoms with Gasteiger partial charge in [0.15, 0.2) is 0 Å². The second kappa shape index (κ2) is 6.74. The molecule has 2 aromatic rings. The van der Waals surface area contributed by atoms with Crippen LogP contribution in [0.1, 0.15) is 29.8 Å². The Morgan fingerprint density at radius 3 is 2.80 bits per heavy atom. The highest BCUT2D eigenvalue weighted by Gasteiger charge is 2.18. The normalized spacial score (nSPS) is 12.7. The first-order valence-electron chi connectivity index (χ1n) is 6.64. The van der Waals surface area contributed by atoms with Gasteiger partial charge in [0, 0.05) is 17.5 Å². The summed E-state index contributed by atoms with van der Waals surface area (Å²) in [6.45, 7) is 4.94. The van der Waals surface area contributed by atoms with Gasteiger partial charge in [-0.05, 0) is 53.9 Å². The second-order valence-corrected chi connectivity index (χ2v) is 6.03. The lowest BCUT2D eigenvalue weighted by atomic mass is 9.95. The van der Waals surface area contributed by atoms with E-state index in [0.717, 1.165) is 34.4 Å². The fraction of sp³-hybridized carbons (Fsp3) is 0.400. The topological polar surface area (TPSA) is 38.0 Å². The van der Waals surface area contributed by atoms with E-state index in [1.807, 2.05) is 35.9 Å². The van der Waals surface area contributed by atoms with Crippen LogP contribution in [0.4, 0.5) is 0 Å². The fourth-order valence-electron chi connectivity index (χ4n) is 2.35. The van der Waals surface area contributed by atoms with Crippen LogP contribution >= 0.6 is 27.5 Å². The van der Waals surface area contributed by atoms with E-state index in [1.165, 1.54) is 0 Å². The van der Waals surface area contributed by atoms with Gasteiger partial charge >= 0.3 is 0 Å². The Labute approximate surface area is 132 Å². The Morgan fingerprint density at radius 2 is 2.20 bits per heavy atom. The summed E-state index contributed by atoms with van der Waals surface area (Å²) in [5.41, 5.74) is 3.14. The number of benzene rings is 1. The third kappa shape index (κ3) is 3.25. The zero-order valence-electron chi connectivity index (χ0n) is 11.6. The van der Waals surface area contributed by atoms with Crippen LogP contribution < -0.4 is 0 Å². The van der Waals surface area contributed by atoms with Gasteiger partial charge in [-0.15, -0.1) is 0 Å². The minimum Gasteiger partial charge on any atom is -0.396 e. The molecule has 1 aromatic heterocycles. The summed E-state index contributed by atoms with van der Waals surface area (Å²) in [4.78, 5) is 0. The van der Waals surface area contributed by atoms with Gasteiger partial charge in [0.25, 0.3) is 0 Å². The van der Waals surface area contributed by atoms with Gasteiger partial charge in [-0.3, -0.25) is 4.68 Å². The molecular weight excluding hydrogens is 340 g/mol.